The van der Waals surface area contributed by atoms with Gasteiger partial charge in [0.05, 0.1) is 4.90 Å². The van der Waals surface area contributed by atoms with Crippen LogP contribution in [0.15, 0.2) is 29.2 Å². The van der Waals surface area contributed by atoms with Gasteiger partial charge in [0.15, 0.2) is 5.78 Å². The third-order valence-electron chi connectivity index (χ3n) is 3.79. The summed E-state index contributed by atoms with van der Waals surface area (Å²) in [6.07, 6.45) is -5.70. The van der Waals surface area contributed by atoms with Crippen LogP contribution >= 0.6 is 0 Å². The lowest BCUT2D eigenvalue weighted by molar-refractivity contribution is -0.210. The lowest BCUT2D eigenvalue weighted by Crippen LogP contribution is -2.61. The maximum atomic E-state index is 13.4. The summed E-state index contributed by atoms with van der Waals surface area (Å²) in [4.78, 5) is 10.9. The molecule has 0 saturated carbocycles. The van der Waals surface area contributed by atoms with Crippen molar-refractivity contribution in [2.75, 3.05) is 13.2 Å². The van der Waals surface area contributed by atoms with Gasteiger partial charge in [0.1, 0.15) is 5.54 Å². The smallest absolute Gasteiger partial charge is 0.381 e. The van der Waals surface area contributed by atoms with Gasteiger partial charge in [-0.25, -0.2) is 8.42 Å². The number of ether oxygens (including phenoxy) is 1. The molecule has 0 spiro atoms. The van der Waals surface area contributed by atoms with E-state index in [0.29, 0.717) is 0 Å². The maximum absolute atomic E-state index is 13.4. The molecule has 1 N–H and O–H groups in total. The van der Waals surface area contributed by atoms with Gasteiger partial charge in [0.25, 0.3) is 0 Å². The molecule has 9 heteroatoms. The van der Waals surface area contributed by atoms with Crippen molar-refractivity contribution in [2.24, 2.45) is 0 Å². The molecule has 0 aliphatic carbocycles. The molecule has 5 nitrogen and oxygen atoms in total. The van der Waals surface area contributed by atoms with Gasteiger partial charge in [0.2, 0.25) is 10.0 Å². The van der Waals surface area contributed by atoms with Crippen LogP contribution in [0.2, 0.25) is 0 Å². The number of carbonyl (C=O) groups excluding carboxylic acids is 1. The fourth-order valence-electron chi connectivity index (χ4n) is 2.35. The molecule has 1 aromatic carbocycles. The second kappa shape index (κ2) is 6.21. The van der Waals surface area contributed by atoms with E-state index < -0.39 is 34.6 Å². The first-order chi connectivity index (χ1) is 10.6. The number of halogens is 3. The zero-order valence-electron chi connectivity index (χ0n) is 12.3. The molecule has 1 aliphatic rings. The van der Waals surface area contributed by atoms with E-state index in [1.807, 2.05) is 0 Å². The lowest BCUT2D eigenvalue weighted by Gasteiger charge is -2.38. The van der Waals surface area contributed by atoms with Gasteiger partial charge in [0, 0.05) is 18.8 Å². The molecule has 0 bridgehead atoms. The van der Waals surface area contributed by atoms with Crippen molar-refractivity contribution in [1.82, 2.24) is 4.72 Å². The summed E-state index contributed by atoms with van der Waals surface area (Å²) >= 11 is 0. The number of Topliss-reactive ketones (excluding diaryl/α,β-unsaturated/α-hetero) is 1. The Morgan fingerprint density at radius 1 is 1.17 bits per heavy atom. The molecule has 23 heavy (non-hydrogen) atoms. The molecule has 0 radical (unpaired) electrons. The number of alkyl halides is 3. The fraction of sp³-hybridized carbons (Fsp3) is 0.500. The molecule has 1 heterocycles. The van der Waals surface area contributed by atoms with Crippen molar-refractivity contribution in [2.45, 2.75) is 36.4 Å². The molecule has 1 aromatic rings. The number of ketones is 1. The number of sulfonamides is 1. The van der Waals surface area contributed by atoms with Gasteiger partial charge in [-0.05, 0) is 31.9 Å². The largest absolute Gasteiger partial charge is 0.407 e. The number of hydrogen-bond acceptors (Lipinski definition) is 4. The Morgan fingerprint density at radius 3 is 2.13 bits per heavy atom. The zero-order chi connectivity index (χ0) is 17.3. The van der Waals surface area contributed by atoms with Gasteiger partial charge < -0.3 is 4.74 Å². The average Bonchev–Trinajstić information content (AvgIpc) is 2.46. The Kier molecular flexibility index (Phi) is 4.84. The molecular formula is C14H16F3NO4S. The highest BCUT2D eigenvalue weighted by molar-refractivity contribution is 7.89. The first-order valence-electron chi connectivity index (χ1n) is 6.87. The Bertz CT molecular complexity index is 677. The van der Waals surface area contributed by atoms with Crippen LogP contribution in [0.1, 0.15) is 30.1 Å². The molecule has 1 aliphatic heterocycles. The zero-order valence-corrected chi connectivity index (χ0v) is 13.1. The van der Waals surface area contributed by atoms with Gasteiger partial charge in [-0.15, -0.1) is 0 Å². The van der Waals surface area contributed by atoms with E-state index in [1.54, 1.807) is 4.72 Å². The van der Waals surface area contributed by atoms with Crippen LogP contribution in [-0.2, 0) is 14.8 Å². The van der Waals surface area contributed by atoms with Crippen LogP contribution in [0.4, 0.5) is 13.2 Å². The predicted octanol–water partition coefficient (Wildman–Crippen LogP) is 2.28. The Balaban J connectivity index is 2.33. The van der Waals surface area contributed by atoms with Gasteiger partial charge in [-0.1, -0.05) is 12.1 Å². The number of carbonyl (C=O) groups is 1. The fourth-order valence-corrected chi connectivity index (χ4v) is 3.79. The first-order valence-corrected chi connectivity index (χ1v) is 8.35. The summed E-state index contributed by atoms with van der Waals surface area (Å²) in [5.74, 6) is -0.266. The van der Waals surface area contributed by atoms with E-state index in [2.05, 4.69) is 0 Å². The minimum absolute atomic E-state index is 0.175. The van der Waals surface area contributed by atoms with Crippen LogP contribution in [0.3, 0.4) is 0 Å². The van der Waals surface area contributed by atoms with Crippen LogP contribution in [0.25, 0.3) is 0 Å². The number of nitrogens with one attached hydrogen (secondary N) is 1. The minimum Gasteiger partial charge on any atom is -0.381 e. The van der Waals surface area contributed by atoms with Crippen molar-refractivity contribution in [1.29, 1.82) is 0 Å². The SMILES string of the molecule is CC(=O)c1ccc(S(=O)(=O)NC2(C(F)(F)F)CCOCC2)cc1. The topological polar surface area (TPSA) is 72.5 Å². The number of benzene rings is 1. The summed E-state index contributed by atoms with van der Waals surface area (Å²) in [7, 11) is -4.38. The average molecular weight is 351 g/mol. The molecule has 128 valence electrons. The Labute approximate surface area is 131 Å². The van der Waals surface area contributed by atoms with Crippen molar-refractivity contribution in [3.8, 4) is 0 Å². The maximum Gasteiger partial charge on any atom is 0.407 e. The second-order valence-electron chi connectivity index (χ2n) is 5.38. The van der Waals surface area contributed by atoms with E-state index in [1.165, 1.54) is 19.1 Å². The molecule has 0 aromatic heterocycles. The quantitative estimate of drug-likeness (QED) is 0.845. The molecule has 1 fully saturated rings. The highest BCUT2D eigenvalue weighted by Crippen LogP contribution is 2.39. The van der Waals surface area contributed by atoms with Crippen molar-refractivity contribution in [3.05, 3.63) is 29.8 Å². The van der Waals surface area contributed by atoms with Crippen LogP contribution in [-0.4, -0.2) is 39.1 Å². The summed E-state index contributed by atoms with van der Waals surface area (Å²) in [6.45, 7) is 0.957. The van der Waals surface area contributed by atoms with E-state index in [9.17, 15) is 26.4 Å². The predicted molar refractivity (Wildman–Crippen MR) is 75.6 cm³/mol. The third-order valence-corrected chi connectivity index (χ3v) is 5.34. The molecule has 0 atom stereocenters. The normalized spacial score (nSPS) is 18.6. The van der Waals surface area contributed by atoms with Crippen molar-refractivity contribution in [3.63, 3.8) is 0 Å². The molecule has 0 unspecified atom stereocenters. The first kappa shape index (κ1) is 17.9. The van der Waals surface area contributed by atoms with Gasteiger partial charge in [-0.3, -0.25) is 4.79 Å². The van der Waals surface area contributed by atoms with E-state index >= 15 is 0 Å². The lowest BCUT2D eigenvalue weighted by atomic mass is 9.91. The van der Waals surface area contributed by atoms with Crippen LogP contribution in [0, 0.1) is 0 Å². The monoisotopic (exact) mass is 351 g/mol. The summed E-state index contributed by atoms with van der Waals surface area (Å²) in [5.41, 5.74) is -2.26. The van der Waals surface area contributed by atoms with Crippen molar-refractivity contribution < 1.29 is 31.1 Å². The highest BCUT2D eigenvalue weighted by Gasteiger charge is 2.57. The standard InChI is InChI=1S/C14H16F3NO4S/c1-10(19)11-2-4-12(5-3-11)23(20,21)18-13(14(15,16)17)6-8-22-9-7-13/h2-5,18H,6-9H2,1H3. The molecular weight excluding hydrogens is 335 g/mol. The third kappa shape index (κ3) is 3.73. The summed E-state index contributed by atoms with van der Waals surface area (Å²) in [5, 5.41) is 0. The Morgan fingerprint density at radius 2 is 1.70 bits per heavy atom. The van der Waals surface area contributed by atoms with Gasteiger partial charge >= 0.3 is 6.18 Å². The Hall–Kier alpha value is -1.45. The number of hydrogen-bond donors (Lipinski definition) is 1. The van der Waals surface area contributed by atoms with Crippen LogP contribution in [0.5, 0.6) is 0 Å². The highest BCUT2D eigenvalue weighted by atomic mass is 32.2. The van der Waals surface area contributed by atoms with E-state index in [0.717, 1.165) is 12.1 Å². The summed E-state index contributed by atoms with van der Waals surface area (Å²) < 4.78 is 71.5. The van der Waals surface area contributed by atoms with Gasteiger partial charge in [-0.2, -0.15) is 17.9 Å². The summed E-state index contributed by atoms with van der Waals surface area (Å²) in [6, 6.07) is 4.76. The van der Waals surface area contributed by atoms with Crippen LogP contribution < -0.4 is 4.72 Å². The number of rotatable bonds is 4. The second-order valence-corrected chi connectivity index (χ2v) is 7.06. The molecule has 1 saturated heterocycles. The minimum atomic E-state index is -4.73. The van der Waals surface area contributed by atoms with E-state index in [4.69, 9.17) is 4.74 Å². The molecule has 2 rings (SSSR count). The molecule has 0 amide bonds. The van der Waals surface area contributed by atoms with E-state index in [-0.39, 0.29) is 29.5 Å². The van der Waals surface area contributed by atoms with Crippen molar-refractivity contribution >= 4 is 15.8 Å².